The summed E-state index contributed by atoms with van der Waals surface area (Å²) in [6.45, 7) is 0.352. The Kier molecular flexibility index (Phi) is 6.02. The normalized spacial score (nSPS) is 11.8. The molecular weight excluding hydrogens is 312 g/mol. The molecule has 1 atom stereocenters. The number of benzene rings is 2. The van der Waals surface area contributed by atoms with Crippen LogP contribution in [0.15, 0.2) is 48.5 Å². The van der Waals surface area contributed by atoms with Crippen LogP contribution in [0.1, 0.15) is 22.0 Å². The van der Waals surface area contributed by atoms with Gasteiger partial charge in [-0.1, -0.05) is 35.9 Å². The van der Waals surface area contributed by atoms with Crippen molar-refractivity contribution in [2.45, 2.75) is 6.10 Å². The fourth-order valence-corrected chi connectivity index (χ4v) is 2.53. The molecule has 2 aromatic rings. The Morgan fingerprint density at radius 1 is 1.22 bits per heavy atom. The molecule has 0 saturated carbocycles. The molecule has 0 fully saturated rings. The summed E-state index contributed by atoms with van der Waals surface area (Å²) in [6.07, 6.45) is -0.287. The van der Waals surface area contributed by atoms with E-state index in [-0.39, 0.29) is 12.0 Å². The number of amides is 1. The standard InChI is InChI=1S/C18H21ClN2O2/c1-21(2)14-8-6-7-13(11-14)18(22)20-12-17(23-3)15-9-4-5-10-16(15)19/h4-11,17H,12H2,1-3H3,(H,20,22)/t17-/m1/s1. The predicted molar refractivity (Wildman–Crippen MR) is 94.3 cm³/mol. The zero-order valence-electron chi connectivity index (χ0n) is 13.5. The fraction of sp³-hybridized carbons (Fsp3) is 0.278. The quantitative estimate of drug-likeness (QED) is 0.880. The van der Waals surface area contributed by atoms with Crippen LogP contribution in [-0.4, -0.2) is 33.7 Å². The van der Waals surface area contributed by atoms with Crippen molar-refractivity contribution in [1.82, 2.24) is 5.32 Å². The molecule has 0 radical (unpaired) electrons. The molecule has 122 valence electrons. The average Bonchev–Trinajstić information content (AvgIpc) is 2.56. The minimum absolute atomic E-state index is 0.136. The van der Waals surface area contributed by atoms with Crippen LogP contribution in [0.4, 0.5) is 5.69 Å². The summed E-state index contributed by atoms with van der Waals surface area (Å²) in [4.78, 5) is 14.3. The minimum atomic E-state index is -0.287. The molecule has 1 N–H and O–H groups in total. The topological polar surface area (TPSA) is 41.6 Å². The van der Waals surface area contributed by atoms with Crippen LogP contribution < -0.4 is 10.2 Å². The summed E-state index contributed by atoms with van der Waals surface area (Å²) in [7, 11) is 5.48. The van der Waals surface area contributed by atoms with Crippen LogP contribution >= 0.6 is 11.6 Å². The molecule has 0 aromatic heterocycles. The van der Waals surface area contributed by atoms with Gasteiger partial charge in [0.1, 0.15) is 6.10 Å². The van der Waals surface area contributed by atoms with Crippen LogP contribution in [0.25, 0.3) is 0 Å². The zero-order valence-corrected chi connectivity index (χ0v) is 14.3. The number of methoxy groups -OCH3 is 1. The van der Waals surface area contributed by atoms with Crippen LogP contribution in [0, 0.1) is 0 Å². The van der Waals surface area contributed by atoms with Gasteiger partial charge in [-0.05, 0) is 24.3 Å². The Bertz CT molecular complexity index is 674. The van der Waals surface area contributed by atoms with E-state index in [1.165, 1.54) is 0 Å². The number of nitrogens with one attached hydrogen (secondary N) is 1. The first-order chi connectivity index (χ1) is 11.0. The summed E-state index contributed by atoms with van der Waals surface area (Å²) in [6, 6.07) is 14.9. The lowest BCUT2D eigenvalue weighted by atomic mass is 10.1. The number of carbonyl (C=O) groups excluding carboxylic acids is 1. The lowest BCUT2D eigenvalue weighted by Crippen LogP contribution is -2.29. The first-order valence-corrected chi connectivity index (χ1v) is 7.73. The molecule has 23 heavy (non-hydrogen) atoms. The van der Waals surface area contributed by atoms with Crippen molar-refractivity contribution in [3.8, 4) is 0 Å². The Morgan fingerprint density at radius 2 is 1.96 bits per heavy atom. The Labute approximate surface area is 142 Å². The van der Waals surface area contributed by atoms with Gasteiger partial charge in [0.25, 0.3) is 5.91 Å². The third-order valence-electron chi connectivity index (χ3n) is 3.61. The molecular formula is C18H21ClN2O2. The molecule has 0 unspecified atom stereocenters. The van der Waals surface area contributed by atoms with Crippen molar-refractivity contribution in [2.75, 3.05) is 32.6 Å². The van der Waals surface area contributed by atoms with Gasteiger partial charge in [-0.15, -0.1) is 0 Å². The third kappa shape index (κ3) is 4.47. The highest BCUT2D eigenvalue weighted by Crippen LogP contribution is 2.24. The Morgan fingerprint density at radius 3 is 2.61 bits per heavy atom. The second kappa shape index (κ2) is 7.99. The number of anilines is 1. The lowest BCUT2D eigenvalue weighted by Gasteiger charge is -2.18. The number of hydrogen-bond acceptors (Lipinski definition) is 3. The van der Waals surface area contributed by atoms with Gasteiger partial charge in [0, 0.05) is 49.6 Å². The number of hydrogen-bond donors (Lipinski definition) is 1. The van der Waals surface area contributed by atoms with E-state index in [0.717, 1.165) is 11.3 Å². The zero-order chi connectivity index (χ0) is 16.8. The summed E-state index contributed by atoms with van der Waals surface area (Å²) < 4.78 is 5.46. The molecule has 2 rings (SSSR count). The van der Waals surface area contributed by atoms with Crippen molar-refractivity contribution in [2.24, 2.45) is 0 Å². The predicted octanol–water partition coefficient (Wildman–Crippen LogP) is 3.52. The third-order valence-corrected chi connectivity index (χ3v) is 3.95. The van der Waals surface area contributed by atoms with E-state index in [1.807, 2.05) is 61.5 Å². The van der Waals surface area contributed by atoms with E-state index < -0.39 is 0 Å². The van der Waals surface area contributed by atoms with Crippen LogP contribution in [0.2, 0.25) is 5.02 Å². The maximum absolute atomic E-state index is 12.3. The Hall–Kier alpha value is -2.04. The molecule has 5 heteroatoms. The first-order valence-electron chi connectivity index (χ1n) is 7.35. The summed E-state index contributed by atoms with van der Waals surface area (Å²) >= 11 is 6.19. The summed E-state index contributed by atoms with van der Waals surface area (Å²) in [5, 5.41) is 3.53. The van der Waals surface area contributed by atoms with Gasteiger partial charge in [0.05, 0.1) is 0 Å². The molecule has 0 saturated heterocycles. The second-order valence-electron chi connectivity index (χ2n) is 5.40. The van der Waals surface area contributed by atoms with Gasteiger partial charge in [0.15, 0.2) is 0 Å². The maximum Gasteiger partial charge on any atom is 0.251 e. The number of carbonyl (C=O) groups is 1. The first kappa shape index (κ1) is 17.3. The van der Waals surface area contributed by atoms with Gasteiger partial charge in [-0.3, -0.25) is 4.79 Å². The van der Waals surface area contributed by atoms with Crippen LogP contribution in [0.3, 0.4) is 0 Å². The number of ether oxygens (including phenoxy) is 1. The smallest absolute Gasteiger partial charge is 0.251 e. The highest BCUT2D eigenvalue weighted by molar-refractivity contribution is 6.31. The van der Waals surface area contributed by atoms with E-state index in [9.17, 15) is 4.79 Å². The average molecular weight is 333 g/mol. The van der Waals surface area contributed by atoms with E-state index in [4.69, 9.17) is 16.3 Å². The van der Waals surface area contributed by atoms with Gasteiger partial charge < -0.3 is 15.0 Å². The number of rotatable bonds is 6. The highest BCUT2D eigenvalue weighted by atomic mass is 35.5. The molecule has 0 aliphatic carbocycles. The van der Waals surface area contributed by atoms with Crippen LogP contribution in [-0.2, 0) is 4.74 Å². The van der Waals surface area contributed by atoms with E-state index in [0.29, 0.717) is 17.1 Å². The molecule has 0 bridgehead atoms. The molecule has 0 heterocycles. The van der Waals surface area contributed by atoms with Crippen molar-refractivity contribution in [1.29, 1.82) is 0 Å². The van der Waals surface area contributed by atoms with Crippen molar-refractivity contribution >= 4 is 23.2 Å². The van der Waals surface area contributed by atoms with Crippen molar-refractivity contribution < 1.29 is 9.53 Å². The maximum atomic E-state index is 12.3. The SMILES string of the molecule is CO[C@H](CNC(=O)c1cccc(N(C)C)c1)c1ccccc1Cl. The second-order valence-corrected chi connectivity index (χ2v) is 5.81. The van der Waals surface area contributed by atoms with E-state index in [2.05, 4.69) is 5.32 Å². The molecule has 4 nitrogen and oxygen atoms in total. The van der Waals surface area contributed by atoms with E-state index >= 15 is 0 Å². The van der Waals surface area contributed by atoms with Crippen LogP contribution in [0.5, 0.6) is 0 Å². The summed E-state index contributed by atoms with van der Waals surface area (Å²) in [5.41, 5.74) is 2.45. The molecule has 1 amide bonds. The summed E-state index contributed by atoms with van der Waals surface area (Å²) in [5.74, 6) is -0.136. The van der Waals surface area contributed by atoms with Gasteiger partial charge in [0.2, 0.25) is 0 Å². The molecule has 2 aromatic carbocycles. The largest absolute Gasteiger partial charge is 0.378 e. The lowest BCUT2D eigenvalue weighted by molar-refractivity contribution is 0.0828. The van der Waals surface area contributed by atoms with Crippen molar-refractivity contribution in [3.05, 3.63) is 64.7 Å². The highest BCUT2D eigenvalue weighted by Gasteiger charge is 2.15. The molecule has 0 aliphatic heterocycles. The van der Waals surface area contributed by atoms with Crippen molar-refractivity contribution in [3.63, 3.8) is 0 Å². The number of nitrogens with zero attached hydrogens (tertiary/aromatic N) is 1. The van der Waals surface area contributed by atoms with Gasteiger partial charge in [-0.25, -0.2) is 0 Å². The Balaban J connectivity index is 2.06. The number of halogens is 1. The minimum Gasteiger partial charge on any atom is -0.378 e. The fourth-order valence-electron chi connectivity index (χ4n) is 2.27. The molecule has 0 spiro atoms. The van der Waals surface area contributed by atoms with E-state index in [1.54, 1.807) is 13.2 Å². The van der Waals surface area contributed by atoms with Gasteiger partial charge >= 0.3 is 0 Å². The monoisotopic (exact) mass is 332 g/mol. The van der Waals surface area contributed by atoms with Gasteiger partial charge in [-0.2, -0.15) is 0 Å². The molecule has 0 aliphatic rings.